The molecule has 2 aromatic rings. The topological polar surface area (TPSA) is 57.2 Å². The number of carbonyl (C=O) groups is 1. The van der Waals surface area contributed by atoms with Crippen LogP contribution in [0.4, 0.5) is 0 Å². The first-order valence-corrected chi connectivity index (χ1v) is 9.65. The largest absolute Gasteiger partial charge is 0.465 e. The summed E-state index contributed by atoms with van der Waals surface area (Å²) < 4.78 is 7.13. The molecule has 20 heavy (non-hydrogen) atoms. The van der Waals surface area contributed by atoms with Crippen LogP contribution in [0.1, 0.15) is 19.4 Å². The Kier molecular flexibility index (Phi) is 4.98. The van der Waals surface area contributed by atoms with Crippen LogP contribution in [0, 0.1) is 0 Å². The maximum Gasteiger partial charge on any atom is 0.326 e. The van der Waals surface area contributed by atoms with Crippen LogP contribution in [0.25, 0.3) is 10.9 Å². The first kappa shape index (κ1) is 15.7. The molecule has 0 aliphatic heterocycles. The molecule has 1 atom stereocenters. The van der Waals surface area contributed by atoms with Crippen LogP contribution >= 0.6 is 30.3 Å². The maximum absolute atomic E-state index is 11.9. The molecule has 2 N–H and O–H groups in total. The third kappa shape index (κ3) is 3.12. The van der Waals surface area contributed by atoms with Gasteiger partial charge >= 0.3 is 5.97 Å². The Labute approximate surface area is 134 Å². The van der Waals surface area contributed by atoms with E-state index in [0.717, 1.165) is 16.5 Å². The Hall–Kier alpha value is -0.730. The molecule has 0 aliphatic carbocycles. The highest BCUT2D eigenvalue weighted by atomic mass is 127. The lowest BCUT2D eigenvalue weighted by Crippen LogP contribution is -2.48. The molecular weight excluding hydrogens is 387 g/mol. The standard InChI is InChI=1S/C14H17IN2O2S/c1-3-19-13(18)14(2,16)9-11-6-4-5-10-7-8-17(20-15)12(10)11/h4-8H,3,9,16H2,1-2H3. The summed E-state index contributed by atoms with van der Waals surface area (Å²) in [4.78, 5) is 11.9. The van der Waals surface area contributed by atoms with Crippen molar-refractivity contribution in [3.63, 3.8) is 0 Å². The monoisotopic (exact) mass is 404 g/mol. The number of para-hydroxylation sites is 1. The zero-order valence-corrected chi connectivity index (χ0v) is 14.4. The smallest absolute Gasteiger partial charge is 0.326 e. The third-order valence-corrected chi connectivity index (χ3v) is 4.86. The molecule has 108 valence electrons. The molecule has 0 saturated heterocycles. The van der Waals surface area contributed by atoms with E-state index in [0.29, 0.717) is 13.0 Å². The van der Waals surface area contributed by atoms with Gasteiger partial charge in [0.1, 0.15) is 5.54 Å². The van der Waals surface area contributed by atoms with Gasteiger partial charge in [-0.15, -0.1) is 0 Å². The van der Waals surface area contributed by atoms with E-state index < -0.39 is 5.54 Å². The highest BCUT2D eigenvalue weighted by Gasteiger charge is 2.31. The van der Waals surface area contributed by atoms with Gasteiger partial charge < -0.3 is 10.5 Å². The van der Waals surface area contributed by atoms with Crippen LogP contribution in [0.3, 0.4) is 0 Å². The Morgan fingerprint density at radius 3 is 2.90 bits per heavy atom. The number of halogens is 1. The van der Waals surface area contributed by atoms with Crippen molar-refractivity contribution >= 4 is 47.2 Å². The van der Waals surface area contributed by atoms with E-state index in [4.69, 9.17) is 10.5 Å². The number of fused-ring (bicyclic) bond motifs is 1. The summed E-state index contributed by atoms with van der Waals surface area (Å²) in [7, 11) is 1.59. The number of nitrogens with two attached hydrogens (primary N) is 1. The van der Waals surface area contributed by atoms with Gasteiger partial charge in [0.15, 0.2) is 0 Å². The predicted octanol–water partition coefficient (Wildman–Crippen LogP) is 3.31. The van der Waals surface area contributed by atoms with Gasteiger partial charge in [-0.3, -0.25) is 8.77 Å². The van der Waals surface area contributed by atoms with E-state index >= 15 is 0 Å². The second-order valence-corrected chi connectivity index (χ2v) is 6.59. The Bertz CT molecular complexity index is 625. The summed E-state index contributed by atoms with van der Waals surface area (Å²) in [6.45, 7) is 3.84. The minimum absolute atomic E-state index is 0.343. The van der Waals surface area contributed by atoms with Crippen molar-refractivity contribution in [1.29, 1.82) is 0 Å². The molecule has 4 nitrogen and oxygen atoms in total. The van der Waals surface area contributed by atoms with Gasteiger partial charge in [0.05, 0.1) is 12.1 Å². The van der Waals surface area contributed by atoms with Crippen molar-refractivity contribution in [2.75, 3.05) is 6.61 Å². The molecule has 0 saturated carbocycles. The zero-order chi connectivity index (χ0) is 14.8. The SMILES string of the molecule is CCOC(=O)C(C)(N)Cc1cccc2ccn(SI)c12. The molecule has 1 unspecified atom stereocenters. The van der Waals surface area contributed by atoms with E-state index in [1.807, 2.05) is 18.3 Å². The van der Waals surface area contributed by atoms with Gasteiger partial charge in [-0.05, 0) is 25.5 Å². The van der Waals surface area contributed by atoms with E-state index in [-0.39, 0.29) is 5.97 Å². The maximum atomic E-state index is 11.9. The number of ether oxygens (including phenoxy) is 1. The van der Waals surface area contributed by atoms with Crippen LogP contribution < -0.4 is 5.73 Å². The van der Waals surface area contributed by atoms with Gasteiger partial charge in [-0.2, -0.15) is 0 Å². The van der Waals surface area contributed by atoms with Crippen LogP contribution in [0.2, 0.25) is 0 Å². The summed E-state index contributed by atoms with van der Waals surface area (Å²) >= 11 is 2.24. The van der Waals surface area contributed by atoms with E-state index in [9.17, 15) is 4.79 Å². The van der Waals surface area contributed by atoms with Crippen molar-refractivity contribution in [1.82, 2.24) is 3.97 Å². The van der Waals surface area contributed by atoms with Crippen LogP contribution in [0.15, 0.2) is 30.5 Å². The quantitative estimate of drug-likeness (QED) is 0.614. The summed E-state index contributed by atoms with van der Waals surface area (Å²) in [5.74, 6) is -0.364. The van der Waals surface area contributed by atoms with E-state index in [1.165, 1.54) is 0 Å². The Balaban J connectivity index is 2.38. The highest BCUT2D eigenvalue weighted by Crippen LogP contribution is 2.29. The van der Waals surface area contributed by atoms with Gasteiger partial charge in [-0.25, -0.2) is 0 Å². The molecule has 1 aromatic heterocycles. The normalized spacial score (nSPS) is 14.2. The highest BCUT2D eigenvalue weighted by molar-refractivity contribution is 14.2. The lowest BCUT2D eigenvalue weighted by atomic mass is 9.93. The summed E-state index contributed by atoms with van der Waals surface area (Å²) in [6.07, 6.45) is 2.47. The molecule has 0 amide bonds. The average Bonchev–Trinajstić information content (AvgIpc) is 2.83. The summed E-state index contributed by atoms with van der Waals surface area (Å²) in [5, 5.41) is 1.14. The Morgan fingerprint density at radius 1 is 1.50 bits per heavy atom. The van der Waals surface area contributed by atoms with Crippen molar-refractivity contribution in [2.45, 2.75) is 25.8 Å². The molecule has 1 aromatic carbocycles. The first-order chi connectivity index (χ1) is 9.49. The number of esters is 1. The fourth-order valence-corrected chi connectivity index (χ4v) is 3.58. The predicted molar refractivity (Wildman–Crippen MR) is 91.9 cm³/mol. The molecule has 1 heterocycles. The second kappa shape index (κ2) is 6.36. The molecular formula is C14H17IN2O2S. The molecule has 0 spiro atoms. The minimum atomic E-state index is -1.02. The molecule has 0 bridgehead atoms. The molecule has 0 aliphatic rings. The van der Waals surface area contributed by atoms with Crippen molar-refractivity contribution in [3.8, 4) is 0 Å². The average molecular weight is 404 g/mol. The Morgan fingerprint density at radius 2 is 2.25 bits per heavy atom. The number of carbonyl (C=O) groups excluding carboxylic acids is 1. The number of benzene rings is 1. The van der Waals surface area contributed by atoms with Gasteiger partial charge in [-0.1, -0.05) is 18.2 Å². The fraction of sp³-hybridized carbons (Fsp3) is 0.357. The van der Waals surface area contributed by atoms with E-state index in [2.05, 4.69) is 37.3 Å². The van der Waals surface area contributed by atoms with Gasteiger partial charge in [0, 0.05) is 48.3 Å². The minimum Gasteiger partial charge on any atom is -0.465 e. The third-order valence-electron chi connectivity index (χ3n) is 3.13. The second-order valence-electron chi connectivity index (χ2n) is 4.88. The fourth-order valence-electron chi connectivity index (χ4n) is 2.20. The zero-order valence-electron chi connectivity index (χ0n) is 11.4. The lowest BCUT2D eigenvalue weighted by Gasteiger charge is -2.23. The molecule has 0 radical (unpaired) electrons. The summed E-state index contributed by atoms with van der Waals surface area (Å²) in [6, 6.07) is 8.11. The molecule has 6 heteroatoms. The number of hydrogen-bond donors (Lipinski definition) is 1. The number of aromatic nitrogens is 1. The number of nitrogens with zero attached hydrogens (tertiary/aromatic N) is 1. The first-order valence-electron chi connectivity index (χ1n) is 6.33. The van der Waals surface area contributed by atoms with Crippen molar-refractivity contribution < 1.29 is 9.53 Å². The van der Waals surface area contributed by atoms with Gasteiger partial charge in [0.2, 0.25) is 0 Å². The van der Waals surface area contributed by atoms with E-state index in [1.54, 1.807) is 23.0 Å². The lowest BCUT2D eigenvalue weighted by molar-refractivity contribution is -0.148. The molecule has 0 fully saturated rings. The van der Waals surface area contributed by atoms with Crippen LogP contribution in [0.5, 0.6) is 0 Å². The summed E-state index contributed by atoms with van der Waals surface area (Å²) in [5.41, 5.74) is 7.27. The van der Waals surface area contributed by atoms with Crippen LogP contribution in [-0.4, -0.2) is 22.1 Å². The van der Waals surface area contributed by atoms with Crippen molar-refractivity contribution in [2.24, 2.45) is 5.73 Å². The number of rotatable bonds is 5. The van der Waals surface area contributed by atoms with Crippen molar-refractivity contribution in [3.05, 3.63) is 36.0 Å². The van der Waals surface area contributed by atoms with Crippen LogP contribution in [-0.2, 0) is 16.0 Å². The number of hydrogen-bond acceptors (Lipinski definition) is 4. The molecule has 2 rings (SSSR count). The van der Waals surface area contributed by atoms with Gasteiger partial charge in [0.25, 0.3) is 0 Å².